The molecule has 1 saturated heterocycles. The largest absolute Gasteiger partial charge is 0.243 e. The van der Waals surface area contributed by atoms with Gasteiger partial charge in [-0.3, -0.25) is 0 Å². The van der Waals surface area contributed by atoms with Gasteiger partial charge in [0.2, 0.25) is 20.0 Å². The van der Waals surface area contributed by atoms with Gasteiger partial charge in [0.1, 0.15) is 11.6 Å². The quantitative estimate of drug-likeness (QED) is 0.588. The number of nitrogens with zero attached hydrogens (tertiary/aromatic N) is 1. The predicted molar refractivity (Wildman–Crippen MR) is 109 cm³/mol. The number of benzene rings is 2. The van der Waals surface area contributed by atoms with Crippen LogP contribution in [0.2, 0.25) is 0 Å². The molecule has 0 bridgehead atoms. The molecule has 0 saturated carbocycles. The van der Waals surface area contributed by atoms with E-state index < -0.39 is 53.3 Å². The second-order valence-corrected chi connectivity index (χ2v) is 12.9. The fraction of sp³-hybridized carbons (Fsp3) is 0.333. The summed E-state index contributed by atoms with van der Waals surface area (Å²) in [5.41, 5.74) is 0. The summed E-state index contributed by atoms with van der Waals surface area (Å²) < 4.78 is 104. The van der Waals surface area contributed by atoms with E-state index in [4.69, 9.17) is 0 Å². The molecule has 0 aromatic heterocycles. The van der Waals surface area contributed by atoms with Gasteiger partial charge >= 0.3 is 0 Å². The Kier molecular flexibility index (Phi) is 6.81. The SMILES string of the molecule is O=S1(=O)CC[C@H](N(CCNS(=O)(=O)c2ccc(F)cc2)S(=O)(=O)c2ccc(F)cc2)C1. The Hall–Kier alpha value is -1.93. The third-order valence-corrected chi connectivity index (χ3v) is 9.98. The van der Waals surface area contributed by atoms with Crippen molar-refractivity contribution in [2.75, 3.05) is 24.6 Å². The van der Waals surface area contributed by atoms with E-state index in [9.17, 15) is 34.0 Å². The maximum Gasteiger partial charge on any atom is 0.243 e. The first-order chi connectivity index (χ1) is 14.4. The lowest BCUT2D eigenvalue weighted by Crippen LogP contribution is -2.45. The van der Waals surface area contributed by atoms with Gasteiger partial charge in [0.15, 0.2) is 9.84 Å². The van der Waals surface area contributed by atoms with Crippen LogP contribution in [0.4, 0.5) is 8.78 Å². The molecule has 1 N–H and O–H groups in total. The number of sulfonamides is 2. The van der Waals surface area contributed by atoms with Gasteiger partial charge in [0.25, 0.3) is 0 Å². The lowest BCUT2D eigenvalue weighted by atomic mass is 10.2. The first-order valence-electron chi connectivity index (χ1n) is 9.14. The second-order valence-electron chi connectivity index (χ2n) is 6.98. The van der Waals surface area contributed by atoms with Crippen molar-refractivity contribution in [2.45, 2.75) is 22.3 Å². The normalized spacial score (nSPS) is 19.0. The molecule has 13 heteroatoms. The molecule has 0 aliphatic carbocycles. The van der Waals surface area contributed by atoms with Crippen molar-refractivity contribution in [3.8, 4) is 0 Å². The number of sulfone groups is 1. The fourth-order valence-corrected chi connectivity index (χ4v) is 7.73. The highest BCUT2D eigenvalue weighted by molar-refractivity contribution is 7.92. The van der Waals surface area contributed by atoms with Crippen LogP contribution in [-0.2, 0) is 29.9 Å². The van der Waals surface area contributed by atoms with Gasteiger partial charge in [-0.05, 0) is 55.0 Å². The number of hydrogen-bond acceptors (Lipinski definition) is 6. The third-order valence-electron chi connectivity index (χ3n) is 4.78. The number of nitrogens with one attached hydrogen (secondary N) is 1. The topological polar surface area (TPSA) is 118 Å². The van der Waals surface area contributed by atoms with Crippen LogP contribution < -0.4 is 4.72 Å². The minimum atomic E-state index is -4.22. The van der Waals surface area contributed by atoms with Crippen molar-refractivity contribution < 1.29 is 34.0 Å². The zero-order chi connectivity index (χ0) is 22.9. The molecule has 1 atom stereocenters. The summed E-state index contributed by atoms with van der Waals surface area (Å²) in [5, 5.41) is 0. The minimum Gasteiger partial charge on any atom is -0.229 e. The van der Waals surface area contributed by atoms with Crippen LogP contribution in [0, 0.1) is 11.6 Å². The molecule has 31 heavy (non-hydrogen) atoms. The maximum absolute atomic E-state index is 13.2. The highest BCUT2D eigenvalue weighted by atomic mass is 32.2. The van der Waals surface area contributed by atoms with E-state index in [1.54, 1.807) is 0 Å². The first-order valence-corrected chi connectivity index (χ1v) is 13.9. The van der Waals surface area contributed by atoms with Gasteiger partial charge in [-0.25, -0.2) is 38.8 Å². The maximum atomic E-state index is 13.2. The molecule has 170 valence electrons. The van der Waals surface area contributed by atoms with E-state index in [1.165, 1.54) is 0 Å². The van der Waals surface area contributed by atoms with E-state index in [1.807, 2.05) is 0 Å². The van der Waals surface area contributed by atoms with Gasteiger partial charge in [0.05, 0.1) is 21.3 Å². The van der Waals surface area contributed by atoms with Crippen molar-refractivity contribution in [2.24, 2.45) is 0 Å². The van der Waals surface area contributed by atoms with Crippen LogP contribution in [0.1, 0.15) is 6.42 Å². The highest BCUT2D eigenvalue weighted by Crippen LogP contribution is 2.25. The Morgan fingerprint density at radius 3 is 1.90 bits per heavy atom. The Morgan fingerprint density at radius 1 is 0.903 bits per heavy atom. The molecule has 1 aliphatic heterocycles. The summed E-state index contributed by atoms with van der Waals surface area (Å²) in [6.45, 7) is -0.697. The summed E-state index contributed by atoms with van der Waals surface area (Å²) in [6, 6.07) is 7.25. The zero-order valence-electron chi connectivity index (χ0n) is 16.1. The standard InChI is InChI=1S/C18H20F2N2O6S3/c19-14-1-5-17(6-2-14)30(25,26)21-10-11-22(16-9-12-29(23,24)13-16)31(27,28)18-7-3-15(20)4-8-18/h1-8,16,21H,9-13H2/t16-/m0/s1. The molecule has 0 radical (unpaired) electrons. The van der Waals surface area contributed by atoms with E-state index in [2.05, 4.69) is 4.72 Å². The van der Waals surface area contributed by atoms with Gasteiger partial charge in [-0.2, -0.15) is 4.31 Å². The van der Waals surface area contributed by atoms with Crippen LogP contribution in [0.25, 0.3) is 0 Å². The minimum absolute atomic E-state index is 0.0630. The molecular formula is C18H20F2N2O6S3. The Labute approximate surface area is 179 Å². The molecule has 2 aromatic rings. The lowest BCUT2D eigenvalue weighted by molar-refractivity contribution is 0.343. The molecule has 1 aliphatic rings. The van der Waals surface area contributed by atoms with Crippen molar-refractivity contribution in [1.29, 1.82) is 0 Å². The summed E-state index contributed by atoms with van der Waals surface area (Å²) in [5.74, 6) is -1.83. The van der Waals surface area contributed by atoms with Gasteiger partial charge in [-0.15, -0.1) is 0 Å². The van der Waals surface area contributed by atoms with Crippen molar-refractivity contribution >= 4 is 29.9 Å². The molecule has 0 amide bonds. The molecule has 1 heterocycles. The molecule has 2 aromatic carbocycles. The van der Waals surface area contributed by atoms with Crippen LogP contribution in [-0.4, -0.2) is 60.2 Å². The Balaban J connectivity index is 1.82. The monoisotopic (exact) mass is 494 g/mol. The first kappa shape index (κ1) is 23.7. The average Bonchev–Trinajstić information content (AvgIpc) is 3.05. The van der Waals surface area contributed by atoms with Gasteiger partial charge < -0.3 is 0 Å². The van der Waals surface area contributed by atoms with Crippen LogP contribution in [0.3, 0.4) is 0 Å². The number of hydrogen-bond donors (Lipinski definition) is 1. The molecule has 1 fully saturated rings. The summed E-state index contributed by atoms with van der Waals surface area (Å²) in [6.07, 6.45) is 0.0630. The van der Waals surface area contributed by atoms with E-state index in [0.29, 0.717) is 0 Å². The van der Waals surface area contributed by atoms with E-state index >= 15 is 0 Å². The molecular weight excluding hydrogens is 474 g/mol. The van der Waals surface area contributed by atoms with Crippen LogP contribution in [0.5, 0.6) is 0 Å². The molecule has 0 unspecified atom stereocenters. The van der Waals surface area contributed by atoms with Gasteiger partial charge in [0, 0.05) is 19.1 Å². The van der Waals surface area contributed by atoms with Crippen molar-refractivity contribution in [3.05, 3.63) is 60.2 Å². The average molecular weight is 495 g/mol. The second kappa shape index (κ2) is 8.90. The molecule has 0 spiro atoms. The molecule has 8 nitrogen and oxygen atoms in total. The van der Waals surface area contributed by atoms with Crippen molar-refractivity contribution in [3.63, 3.8) is 0 Å². The highest BCUT2D eigenvalue weighted by Gasteiger charge is 2.38. The fourth-order valence-electron chi connectivity index (χ4n) is 3.23. The van der Waals surface area contributed by atoms with Crippen molar-refractivity contribution in [1.82, 2.24) is 9.03 Å². The van der Waals surface area contributed by atoms with Crippen LogP contribution in [0.15, 0.2) is 58.3 Å². The van der Waals surface area contributed by atoms with Gasteiger partial charge in [-0.1, -0.05) is 0 Å². The smallest absolute Gasteiger partial charge is 0.229 e. The lowest BCUT2D eigenvalue weighted by Gasteiger charge is -2.27. The summed E-state index contributed by atoms with van der Waals surface area (Å²) in [4.78, 5) is -0.440. The Morgan fingerprint density at radius 2 is 1.42 bits per heavy atom. The van der Waals surface area contributed by atoms with Crippen LogP contribution >= 0.6 is 0 Å². The summed E-state index contributed by atoms with van der Waals surface area (Å²) >= 11 is 0. The predicted octanol–water partition coefficient (Wildman–Crippen LogP) is 1.12. The van der Waals surface area contributed by atoms with E-state index in [-0.39, 0.29) is 35.1 Å². The van der Waals surface area contributed by atoms with E-state index in [0.717, 1.165) is 52.8 Å². The Bertz CT molecular complexity index is 1250. The summed E-state index contributed by atoms with van der Waals surface area (Å²) in [7, 11) is -11.7. The number of halogens is 2. The zero-order valence-corrected chi connectivity index (χ0v) is 18.6. The number of rotatable bonds is 8. The molecule has 3 rings (SSSR count). The third kappa shape index (κ3) is 5.66.